The average molecular weight is 388 g/mol. The number of likely N-dealkylation sites (tertiary alicyclic amines) is 1. The quantitative estimate of drug-likeness (QED) is 0.497. The molecular weight excluding hydrogens is 364 g/mol. The van der Waals surface area contributed by atoms with Gasteiger partial charge >= 0.3 is 0 Å². The number of nitrogens with zero attached hydrogens (tertiary/aromatic N) is 5. The van der Waals surface area contributed by atoms with Crippen molar-refractivity contribution in [2.24, 2.45) is 0 Å². The maximum atomic E-state index is 5.70. The number of nitrogens with two attached hydrogens (primary N) is 1. The fourth-order valence-corrected chi connectivity index (χ4v) is 4.02. The zero-order valence-corrected chi connectivity index (χ0v) is 16.4. The van der Waals surface area contributed by atoms with Crippen molar-refractivity contribution >= 4 is 28.2 Å². The number of hydrogen-bond donors (Lipinski definition) is 3. The molecular formula is C21H24N8. The molecule has 5 heterocycles. The van der Waals surface area contributed by atoms with Crippen LogP contribution >= 0.6 is 0 Å². The molecule has 8 heteroatoms. The highest BCUT2D eigenvalue weighted by Gasteiger charge is 2.18. The Hall–Kier alpha value is -3.39. The van der Waals surface area contributed by atoms with Crippen molar-refractivity contribution in [1.29, 1.82) is 0 Å². The highest BCUT2D eigenvalue weighted by molar-refractivity contribution is 5.94. The second-order valence-corrected chi connectivity index (χ2v) is 7.70. The van der Waals surface area contributed by atoms with Crippen LogP contribution in [-0.4, -0.2) is 55.6 Å². The van der Waals surface area contributed by atoms with Gasteiger partial charge in [0.15, 0.2) is 0 Å². The lowest BCUT2D eigenvalue weighted by Gasteiger charge is -2.30. The first-order chi connectivity index (χ1) is 14.1. The Morgan fingerprint density at radius 3 is 2.97 bits per heavy atom. The number of nitrogens with one attached hydrogen (secondary N) is 2. The van der Waals surface area contributed by atoms with Gasteiger partial charge in [-0.25, -0.2) is 9.50 Å². The number of fused-ring (bicyclic) bond motifs is 2. The third kappa shape index (κ3) is 3.21. The number of aromatic nitrogens is 5. The molecule has 8 nitrogen and oxygen atoms in total. The van der Waals surface area contributed by atoms with Gasteiger partial charge in [0, 0.05) is 46.8 Å². The summed E-state index contributed by atoms with van der Waals surface area (Å²) in [5.41, 5.74) is 11.5. The van der Waals surface area contributed by atoms with E-state index in [1.165, 1.54) is 0 Å². The molecule has 0 saturated carbocycles. The second-order valence-electron chi connectivity index (χ2n) is 7.70. The number of nitrogen functional groups attached to an aromatic ring is 1. The Kier molecular flexibility index (Phi) is 4.21. The number of rotatable bonds is 4. The topological polar surface area (TPSA) is 100 Å². The van der Waals surface area contributed by atoms with E-state index in [0.29, 0.717) is 6.04 Å². The minimum Gasteiger partial charge on any atom is -0.382 e. The Morgan fingerprint density at radius 1 is 1.31 bits per heavy atom. The van der Waals surface area contributed by atoms with Gasteiger partial charge in [-0.05, 0) is 50.7 Å². The third-order valence-electron chi connectivity index (χ3n) is 5.71. The van der Waals surface area contributed by atoms with Gasteiger partial charge in [0.25, 0.3) is 0 Å². The number of H-pyrrole nitrogens is 1. The van der Waals surface area contributed by atoms with E-state index in [0.717, 1.165) is 64.9 Å². The molecule has 0 aliphatic carbocycles. The van der Waals surface area contributed by atoms with Crippen molar-refractivity contribution in [3.05, 3.63) is 49.1 Å². The highest BCUT2D eigenvalue weighted by atomic mass is 15.2. The largest absolute Gasteiger partial charge is 0.382 e. The standard InChI is InChI=1S/C21H24N8/c1-13(26-15-4-6-28(2)7-5-15)16-12-25-29-8-3-14(9-19(16)29)17-10-23-20-18(17)11-24-21(22)27-20/h3,8-12,15,26H,1,4-7H2,2H3,(H3,22,23,24,27). The number of aromatic amines is 1. The van der Waals surface area contributed by atoms with E-state index >= 15 is 0 Å². The lowest BCUT2D eigenvalue weighted by atomic mass is 10.0. The molecule has 4 N–H and O–H groups in total. The summed E-state index contributed by atoms with van der Waals surface area (Å²) in [4.78, 5) is 13.9. The molecule has 4 aromatic heterocycles. The van der Waals surface area contributed by atoms with Crippen LogP contribution in [0.3, 0.4) is 0 Å². The molecule has 0 amide bonds. The SMILES string of the molecule is C=C(NC1CCN(C)CC1)c1cnn2ccc(-c3c[nH]c4nc(N)ncc34)cc12. The van der Waals surface area contributed by atoms with E-state index in [4.69, 9.17) is 5.73 Å². The van der Waals surface area contributed by atoms with Gasteiger partial charge in [-0.2, -0.15) is 10.1 Å². The monoisotopic (exact) mass is 388 g/mol. The van der Waals surface area contributed by atoms with Crippen molar-refractivity contribution in [2.75, 3.05) is 25.9 Å². The van der Waals surface area contributed by atoms with Crippen LogP contribution in [0.15, 0.2) is 43.5 Å². The molecule has 5 rings (SSSR count). The van der Waals surface area contributed by atoms with Crippen LogP contribution in [0.4, 0.5) is 5.95 Å². The summed E-state index contributed by atoms with van der Waals surface area (Å²) in [5, 5.41) is 9.05. The second kappa shape index (κ2) is 6.89. The van der Waals surface area contributed by atoms with E-state index in [1.54, 1.807) is 6.20 Å². The van der Waals surface area contributed by atoms with Gasteiger partial charge in [0.05, 0.1) is 11.7 Å². The smallest absolute Gasteiger partial charge is 0.221 e. The maximum Gasteiger partial charge on any atom is 0.221 e. The van der Waals surface area contributed by atoms with Crippen molar-refractivity contribution < 1.29 is 0 Å². The Balaban J connectivity index is 1.48. The molecule has 1 fully saturated rings. The maximum absolute atomic E-state index is 5.70. The molecule has 1 aliphatic heterocycles. The summed E-state index contributed by atoms with van der Waals surface area (Å²) in [6.07, 6.45) is 9.78. The number of anilines is 1. The predicted molar refractivity (Wildman–Crippen MR) is 115 cm³/mol. The fourth-order valence-electron chi connectivity index (χ4n) is 4.02. The van der Waals surface area contributed by atoms with Crippen LogP contribution in [0.25, 0.3) is 33.4 Å². The minimum absolute atomic E-state index is 0.260. The minimum atomic E-state index is 0.260. The molecule has 0 unspecified atom stereocenters. The van der Waals surface area contributed by atoms with E-state index in [-0.39, 0.29) is 5.95 Å². The fraction of sp³-hybridized carbons (Fsp3) is 0.286. The van der Waals surface area contributed by atoms with Crippen LogP contribution in [0.2, 0.25) is 0 Å². The van der Waals surface area contributed by atoms with Crippen molar-refractivity contribution in [3.63, 3.8) is 0 Å². The average Bonchev–Trinajstić information content (AvgIpc) is 3.32. The number of pyridine rings is 1. The van der Waals surface area contributed by atoms with Crippen LogP contribution < -0.4 is 11.1 Å². The molecule has 0 aromatic carbocycles. The molecule has 0 atom stereocenters. The summed E-state index contributed by atoms with van der Waals surface area (Å²) in [6.45, 7) is 6.51. The first-order valence-electron chi connectivity index (χ1n) is 9.80. The predicted octanol–water partition coefficient (Wildman–Crippen LogP) is 2.51. The van der Waals surface area contributed by atoms with Crippen molar-refractivity contribution in [3.8, 4) is 11.1 Å². The molecule has 0 bridgehead atoms. The summed E-state index contributed by atoms with van der Waals surface area (Å²) in [6, 6.07) is 4.62. The van der Waals surface area contributed by atoms with E-state index in [2.05, 4.69) is 50.0 Å². The molecule has 1 aliphatic rings. The summed E-state index contributed by atoms with van der Waals surface area (Å²) >= 11 is 0. The van der Waals surface area contributed by atoms with E-state index < -0.39 is 0 Å². The lowest BCUT2D eigenvalue weighted by molar-refractivity contribution is 0.245. The lowest BCUT2D eigenvalue weighted by Crippen LogP contribution is -2.39. The van der Waals surface area contributed by atoms with E-state index in [1.807, 2.05) is 29.2 Å². The van der Waals surface area contributed by atoms with Crippen LogP contribution in [0, 0.1) is 0 Å². The van der Waals surface area contributed by atoms with Gasteiger partial charge in [-0.1, -0.05) is 6.58 Å². The van der Waals surface area contributed by atoms with Crippen molar-refractivity contribution in [1.82, 2.24) is 34.8 Å². The van der Waals surface area contributed by atoms with Crippen LogP contribution in [0.5, 0.6) is 0 Å². The molecule has 1 saturated heterocycles. The molecule has 0 radical (unpaired) electrons. The summed E-state index contributed by atoms with van der Waals surface area (Å²) in [5.74, 6) is 0.260. The van der Waals surface area contributed by atoms with Crippen molar-refractivity contribution in [2.45, 2.75) is 18.9 Å². The van der Waals surface area contributed by atoms with Gasteiger partial charge in [0.1, 0.15) is 5.65 Å². The van der Waals surface area contributed by atoms with Gasteiger partial charge < -0.3 is 20.9 Å². The first kappa shape index (κ1) is 17.7. The van der Waals surface area contributed by atoms with Gasteiger partial charge in [-0.3, -0.25) is 0 Å². The first-order valence-corrected chi connectivity index (χ1v) is 9.80. The molecule has 0 spiro atoms. The Bertz CT molecular complexity index is 1200. The van der Waals surface area contributed by atoms with E-state index in [9.17, 15) is 0 Å². The zero-order valence-electron chi connectivity index (χ0n) is 16.4. The molecule has 4 aromatic rings. The Morgan fingerprint density at radius 2 is 2.14 bits per heavy atom. The Labute approximate surface area is 168 Å². The zero-order chi connectivity index (χ0) is 20.0. The molecule has 29 heavy (non-hydrogen) atoms. The summed E-state index contributed by atoms with van der Waals surface area (Å²) < 4.78 is 1.88. The molecule has 148 valence electrons. The highest BCUT2D eigenvalue weighted by Crippen LogP contribution is 2.30. The third-order valence-corrected chi connectivity index (χ3v) is 5.71. The van der Waals surface area contributed by atoms with Gasteiger partial charge in [-0.15, -0.1) is 0 Å². The number of piperidine rings is 1. The van der Waals surface area contributed by atoms with Gasteiger partial charge in [0.2, 0.25) is 5.95 Å². The normalized spacial score (nSPS) is 15.9. The van der Waals surface area contributed by atoms with Crippen LogP contribution in [0.1, 0.15) is 18.4 Å². The summed E-state index contributed by atoms with van der Waals surface area (Å²) in [7, 11) is 2.17. The van der Waals surface area contributed by atoms with Crippen LogP contribution in [-0.2, 0) is 0 Å². The number of hydrogen-bond acceptors (Lipinski definition) is 6.